The Morgan fingerprint density at radius 3 is 2.62 bits per heavy atom. The van der Waals surface area contributed by atoms with Crippen LogP contribution in [0, 0.1) is 0 Å². The van der Waals surface area contributed by atoms with Gasteiger partial charge in [-0.15, -0.1) is 0 Å². The van der Waals surface area contributed by atoms with Crippen molar-refractivity contribution in [3.8, 4) is 0 Å². The first-order valence-corrected chi connectivity index (χ1v) is 7.67. The van der Waals surface area contributed by atoms with E-state index in [9.17, 15) is 9.59 Å². The van der Waals surface area contributed by atoms with E-state index < -0.39 is 0 Å². The van der Waals surface area contributed by atoms with Crippen LogP contribution >= 0.6 is 15.9 Å². The van der Waals surface area contributed by atoms with Gasteiger partial charge in [0, 0.05) is 4.47 Å². The first-order chi connectivity index (χ1) is 10.1. The number of carbonyl (C=O) groups is 2. The molecule has 0 atom stereocenters. The standard InChI is InChI=1S/C14H18BrN3O3/c15-11-3-1-2-4-12(11)17-13(19)9-16-14(20)10-18-5-7-21-8-6-18/h1-4H,5-10H2,(H,16,20)(H,17,19)/p+1. The molecule has 1 aliphatic rings. The predicted molar refractivity (Wildman–Crippen MR) is 82.2 cm³/mol. The van der Waals surface area contributed by atoms with Crippen LogP contribution in [-0.4, -0.2) is 51.2 Å². The van der Waals surface area contributed by atoms with Gasteiger partial charge < -0.3 is 20.3 Å². The first-order valence-electron chi connectivity index (χ1n) is 6.87. The zero-order valence-corrected chi connectivity index (χ0v) is 13.2. The smallest absolute Gasteiger partial charge is 0.275 e. The number of hydrogen-bond acceptors (Lipinski definition) is 3. The minimum absolute atomic E-state index is 0.0239. The maximum atomic E-state index is 11.8. The minimum atomic E-state index is -0.243. The molecule has 7 heteroatoms. The van der Waals surface area contributed by atoms with Crippen molar-refractivity contribution < 1.29 is 19.2 Å². The van der Waals surface area contributed by atoms with E-state index in [1.54, 1.807) is 6.07 Å². The van der Waals surface area contributed by atoms with Crippen molar-refractivity contribution in [1.29, 1.82) is 0 Å². The fourth-order valence-corrected chi connectivity index (χ4v) is 2.45. The van der Waals surface area contributed by atoms with E-state index in [0.717, 1.165) is 17.6 Å². The number of halogens is 1. The molecule has 0 saturated carbocycles. The fraction of sp³-hybridized carbons (Fsp3) is 0.429. The molecule has 0 bridgehead atoms. The second-order valence-electron chi connectivity index (χ2n) is 4.84. The SMILES string of the molecule is O=C(C[NH+]1CCOCC1)NCC(=O)Nc1ccccc1Br. The molecule has 1 heterocycles. The molecule has 1 saturated heterocycles. The van der Waals surface area contributed by atoms with Crippen molar-refractivity contribution >= 4 is 33.4 Å². The number of anilines is 1. The Labute approximate surface area is 132 Å². The van der Waals surface area contributed by atoms with Gasteiger partial charge >= 0.3 is 0 Å². The maximum Gasteiger partial charge on any atom is 0.275 e. The highest BCUT2D eigenvalue weighted by molar-refractivity contribution is 9.10. The molecule has 0 aliphatic carbocycles. The van der Waals surface area contributed by atoms with Crippen molar-refractivity contribution in [2.45, 2.75) is 0 Å². The molecule has 114 valence electrons. The number of ether oxygens (including phenoxy) is 1. The summed E-state index contributed by atoms with van der Waals surface area (Å²) >= 11 is 3.35. The molecule has 1 fully saturated rings. The summed E-state index contributed by atoms with van der Waals surface area (Å²) in [5.41, 5.74) is 0.690. The molecule has 0 aromatic heterocycles. The van der Waals surface area contributed by atoms with Crippen molar-refractivity contribution in [2.24, 2.45) is 0 Å². The van der Waals surface area contributed by atoms with Crippen molar-refractivity contribution in [2.75, 3.05) is 44.7 Å². The van der Waals surface area contributed by atoms with Gasteiger partial charge in [-0.1, -0.05) is 12.1 Å². The van der Waals surface area contributed by atoms with E-state index in [-0.39, 0.29) is 18.4 Å². The number of carbonyl (C=O) groups excluding carboxylic acids is 2. The highest BCUT2D eigenvalue weighted by Gasteiger charge is 2.17. The largest absolute Gasteiger partial charge is 0.370 e. The quantitative estimate of drug-likeness (QED) is 0.660. The third-order valence-electron chi connectivity index (χ3n) is 3.20. The van der Waals surface area contributed by atoms with Crippen LogP contribution < -0.4 is 15.5 Å². The summed E-state index contributed by atoms with van der Waals surface area (Å²) in [6, 6.07) is 7.34. The monoisotopic (exact) mass is 356 g/mol. The molecule has 0 unspecified atom stereocenters. The number of nitrogens with one attached hydrogen (secondary N) is 3. The van der Waals surface area contributed by atoms with Gasteiger partial charge in [0.2, 0.25) is 5.91 Å². The van der Waals surface area contributed by atoms with Crippen LogP contribution in [0.4, 0.5) is 5.69 Å². The molecule has 1 aliphatic heterocycles. The molecule has 21 heavy (non-hydrogen) atoms. The highest BCUT2D eigenvalue weighted by Crippen LogP contribution is 2.20. The van der Waals surface area contributed by atoms with Crippen LogP contribution in [0.25, 0.3) is 0 Å². The van der Waals surface area contributed by atoms with E-state index in [4.69, 9.17) is 4.74 Å². The molecule has 3 N–H and O–H groups in total. The predicted octanol–water partition coefficient (Wildman–Crippen LogP) is -0.581. The molecule has 2 amide bonds. The molecule has 6 nitrogen and oxygen atoms in total. The average molecular weight is 357 g/mol. The Morgan fingerprint density at radius 2 is 1.90 bits per heavy atom. The lowest BCUT2D eigenvalue weighted by Crippen LogP contribution is -3.15. The Bertz CT molecular complexity index is 504. The van der Waals surface area contributed by atoms with Crippen LogP contribution in [0.1, 0.15) is 0 Å². The van der Waals surface area contributed by atoms with Crippen molar-refractivity contribution in [3.05, 3.63) is 28.7 Å². The zero-order valence-electron chi connectivity index (χ0n) is 11.7. The number of hydrogen-bond donors (Lipinski definition) is 3. The minimum Gasteiger partial charge on any atom is -0.370 e. The van der Waals surface area contributed by atoms with Crippen molar-refractivity contribution in [3.63, 3.8) is 0 Å². The maximum absolute atomic E-state index is 11.8. The van der Waals surface area contributed by atoms with Gasteiger partial charge in [0.15, 0.2) is 6.54 Å². The van der Waals surface area contributed by atoms with Crippen molar-refractivity contribution in [1.82, 2.24) is 5.32 Å². The number of benzene rings is 1. The van der Waals surface area contributed by atoms with Gasteiger partial charge in [-0.05, 0) is 28.1 Å². The second-order valence-corrected chi connectivity index (χ2v) is 5.70. The van der Waals surface area contributed by atoms with E-state index in [1.807, 2.05) is 18.2 Å². The summed E-state index contributed by atoms with van der Waals surface area (Å²) in [7, 11) is 0. The summed E-state index contributed by atoms with van der Waals surface area (Å²) in [5.74, 6) is -0.360. The van der Waals surface area contributed by atoms with E-state index in [1.165, 1.54) is 4.90 Å². The van der Waals surface area contributed by atoms with E-state index >= 15 is 0 Å². The van der Waals surface area contributed by atoms with Crippen LogP contribution in [0.15, 0.2) is 28.7 Å². The lowest BCUT2D eigenvalue weighted by atomic mass is 10.3. The number of amides is 2. The van der Waals surface area contributed by atoms with E-state index in [0.29, 0.717) is 25.4 Å². The summed E-state index contributed by atoms with van der Waals surface area (Å²) < 4.78 is 6.04. The topological polar surface area (TPSA) is 71.9 Å². The van der Waals surface area contributed by atoms with Gasteiger partial charge in [0.25, 0.3) is 5.91 Å². The summed E-state index contributed by atoms with van der Waals surface area (Å²) in [5, 5.41) is 5.38. The third kappa shape index (κ3) is 5.45. The Balaban J connectivity index is 1.71. The Hall–Kier alpha value is -1.44. The normalized spacial score (nSPS) is 15.5. The van der Waals surface area contributed by atoms with Crippen LogP contribution in [-0.2, 0) is 14.3 Å². The lowest BCUT2D eigenvalue weighted by molar-refractivity contribution is -0.900. The van der Waals surface area contributed by atoms with E-state index in [2.05, 4.69) is 26.6 Å². The summed E-state index contributed by atoms with van der Waals surface area (Å²) in [6.45, 7) is 3.39. The molecule has 1 aromatic rings. The zero-order chi connectivity index (χ0) is 15.1. The molecule has 0 radical (unpaired) electrons. The molecule has 1 aromatic carbocycles. The van der Waals surface area contributed by atoms with Gasteiger partial charge in [0.05, 0.1) is 25.4 Å². The molecule has 0 spiro atoms. The number of rotatable bonds is 5. The summed E-state index contributed by atoms with van der Waals surface area (Å²) in [6.07, 6.45) is 0. The third-order valence-corrected chi connectivity index (χ3v) is 3.90. The highest BCUT2D eigenvalue weighted by atomic mass is 79.9. The molecular weight excluding hydrogens is 338 g/mol. The second kappa shape index (κ2) is 8.11. The Morgan fingerprint density at radius 1 is 1.19 bits per heavy atom. The fourth-order valence-electron chi connectivity index (χ4n) is 2.06. The average Bonchev–Trinajstić information content (AvgIpc) is 2.49. The Kier molecular flexibility index (Phi) is 6.16. The summed E-state index contributed by atoms with van der Waals surface area (Å²) in [4.78, 5) is 24.7. The van der Waals surface area contributed by atoms with Gasteiger partial charge in [-0.2, -0.15) is 0 Å². The number of quaternary nitrogens is 1. The number of para-hydroxylation sites is 1. The van der Waals surface area contributed by atoms with Crippen LogP contribution in [0.3, 0.4) is 0 Å². The first kappa shape index (κ1) is 15.9. The van der Waals surface area contributed by atoms with Crippen LogP contribution in [0.2, 0.25) is 0 Å². The molecule has 2 rings (SSSR count). The van der Waals surface area contributed by atoms with Gasteiger partial charge in [-0.25, -0.2) is 0 Å². The number of morpholine rings is 1. The van der Waals surface area contributed by atoms with Gasteiger partial charge in [-0.3, -0.25) is 9.59 Å². The lowest BCUT2D eigenvalue weighted by Gasteiger charge is -2.22. The molecular formula is C14H19BrN3O3+. The van der Waals surface area contributed by atoms with Gasteiger partial charge in [0.1, 0.15) is 13.1 Å². The van der Waals surface area contributed by atoms with Crippen LogP contribution in [0.5, 0.6) is 0 Å².